The third kappa shape index (κ3) is 7.11. The van der Waals surface area contributed by atoms with Crippen molar-refractivity contribution < 1.29 is 19.4 Å². The molecule has 12 nitrogen and oxygen atoms in total. The molecule has 0 saturated heterocycles. The summed E-state index contributed by atoms with van der Waals surface area (Å²) in [5, 5.41) is 23.4. The van der Waals surface area contributed by atoms with Gasteiger partial charge in [0.1, 0.15) is 24.7 Å². The van der Waals surface area contributed by atoms with Gasteiger partial charge < -0.3 is 20.1 Å². The number of fused-ring (bicyclic) bond motifs is 1. The molecule has 2 N–H and O–H groups in total. The van der Waals surface area contributed by atoms with Crippen molar-refractivity contribution in [3.8, 4) is 5.75 Å². The highest BCUT2D eigenvalue weighted by Crippen LogP contribution is 2.29. The molecule has 1 aromatic carbocycles. The van der Waals surface area contributed by atoms with E-state index in [1.54, 1.807) is 35.5 Å². The molecule has 202 valence electrons. The second-order valence-corrected chi connectivity index (χ2v) is 9.82. The van der Waals surface area contributed by atoms with Gasteiger partial charge in [0.2, 0.25) is 11.8 Å². The van der Waals surface area contributed by atoms with Crippen LogP contribution in [0.25, 0.3) is 0 Å². The van der Waals surface area contributed by atoms with E-state index in [9.17, 15) is 14.7 Å². The molecule has 12 heteroatoms. The molecule has 38 heavy (non-hydrogen) atoms. The number of ether oxygens (including phenoxy) is 1. The molecular formula is C26H34N8O4. The lowest BCUT2D eigenvalue weighted by molar-refractivity contribution is -0.134. The van der Waals surface area contributed by atoms with Crippen molar-refractivity contribution in [3.63, 3.8) is 0 Å². The molecule has 0 unspecified atom stereocenters. The normalized spacial score (nSPS) is 18.7. The summed E-state index contributed by atoms with van der Waals surface area (Å²) in [5.74, 6) is 0.192. The molecule has 3 atom stereocenters. The number of nitrogens with zero attached hydrogens (tertiary/aromatic N) is 7. The van der Waals surface area contributed by atoms with Crippen molar-refractivity contribution in [2.24, 2.45) is 5.92 Å². The lowest BCUT2D eigenvalue weighted by atomic mass is 10.0. The minimum atomic E-state index is -0.333. The summed E-state index contributed by atoms with van der Waals surface area (Å²) in [6.45, 7) is 5.54. The summed E-state index contributed by atoms with van der Waals surface area (Å²) < 4.78 is 7.88. The number of rotatable bonds is 9. The molecule has 1 aliphatic rings. The Morgan fingerprint density at radius 2 is 2.08 bits per heavy atom. The smallest absolute Gasteiger partial charge is 0.246 e. The molecule has 3 heterocycles. The largest absolute Gasteiger partial charge is 0.488 e. The Morgan fingerprint density at radius 1 is 1.29 bits per heavy atom. The van der Waals surface area contributed by atoms with Gasteiger partial charge in [-0.05, 0) is 60.3 Å². The minimum Gasteiger partial charge on any atom is -0.488 e. The summed E-state index contributed by atoms with van der Waals surface area (Å²) in [4.78, 5) is 33.8. The number of carbonyl (C=O) groups excluding carboxylic acids is 2. The van der Waals surface area contributed by atoms with Gasteiger partial charge in [0.15, 0.2) is 0 Å². The number of benzene rings is 1. The fourth-order valence-corrected chi connectivity index (χ4v) is 4.50. The Hall–Kier alpha value is -3.90. The molecule has 0 fully saturated rings. The summed E-state index contributed by atoms with van der Waals surface area (Å²) in [6.07, 6.45) is 4.78. The molecule has 0 spiro atoms. The Morgan fingerprint density at radius 3 is 2.79 bits per heavy atom. The first-order chi connectivity index (χ1) is 18.3. The van der Waals surface area contributed by atoms with Gasteiger partial charge in [-0.25, -0.2) is 4.68 Å². The van der Waals surface area contributed by atoms with Crippen LogP contribution in [0.15, 0.2) is 49.1 Å². The van der Waals surface area contributed by atoms with Gasteiger partial charge in [-0.15, -0.1) is 5.10 Å². The van der Waals surface area contributed by atoms with Crippen LogP contribution < -0.4 is 10.1 Å². The number of hydrogen-bond donors (Lipinski definition) is 2. The summed E-state index contributed by atoms with van der Waals surface area (Å²) in [6, 6.07) is 8.95. The van der Waals surface area contributed by atoms with Crippen molar-refractivity contribution in [1.82, 2.24) is 35.0 Å². The average molecular weight is 523 g/mol. The van der Waals surface area contributed by atoms with Gasteiger partial charge in [0.25, 0.3) is 0 Å². The first kappa shape index (κ1) is 27.1. The van der Waals surface area contributed by atoms with E-state index < -0.39 is 0 Å². The van der Waals surface area contributed by atoms with E-state index in [4.69, 9.17) is 4.74 Å². The van der Waals surface area contributed by atoms with Gasteiger partial charge in [0, 0.05) is 49.2 Å². The van der Waals surface area contributed by atoms with Crippen LogP contribution in [0.4, 0.5) is 5.69 Å². The quantitative estimate of drug-likeness (QED) is 0.421. The molecule has 2 amide bonds. The van der Waals surface area contributed by atoms with Crippen LogP contribution in [0.3, 0.4) is 0 Å². The van der Waals surface area contributed by atoms with Crippen LogP contribution in [0.1, 0.15) is 25.0 Å². The number of aromatic nitrogens is 5. The predicted molar refractivity (Wildman–Crippen MR) is 139 cm³/mol. The van der Waals surface area contributed by atoms with Crippen LogP contribution >= 0.6 is 0 Å². The van der Waals surface area contributed by atoms with Crippen LogP contribution in [-0.4, -0.2) is 90.8 Å². The van der Waals surface area contributed by atoms with Crippen molar-refractivity contribution >= 4 is 17.5 Å². The molecule has 4 rings (SSSR count). The molecule has 0 aliphatic carbocycles. The zero-order chi connectivity index (χ0) is 27.1. The fraction of sp³-hybridized carbons (Fsp3) is 0.462. The van der Waals surface area contributed by atoms with E-state index in [1.165, 1.54) is 11.0 Å². The topological polar surface area (TPSA) is 139 Å². The van der Waals surface area contributed by atoms with E-state index in [2.05, 4.69) is 37.6 Å². The average Bonchev–Trinajstić information content (AvgIpc) is 3.41. The van der Waals surface area contributed by atoms with E-state index in [0.29, 0.717) is 30.1 Å². The lowest BCUT2D eigenvalue weighted by Crippen LogP contribution is -2.47. The van der Waals surface area contributed by atoms with Crippen molar-refractivity contribution in [2.45, 2.75) is 45.5 Å². The number of anilines is 1. The van der Waals surface area contributed by atoms with Crippen LogP contribution in [0, 0.1) is 5.92 Å². The van der Waals surface area contributed by atoms with Gasteiger partial charge in [-0.1, -0.05) is 6.92 Å². The number of nitrogens with one attached hydrogen (secondary N) is 1. The van der Waals surface area contributed by atoms with Gasteiger partial charge in [-0.2, -0.15) is 0 Å². The third-order valence-electron chi connectivity index (χ3n) is 6.59. The Balaban J connectivity index is 1.57. The zero-order valence-electron chi connectivity index (χ0n) is 21.9. The van der Waals surface area contributed by atoms with Crippen molar-refractivity contribution in [3.05, 3.63) is 60.2 Å². The highest BCUT2D eigenvalue weighted by Gasteiger charge is 2.31. The number of hydrogen-bond acceptors (Lipinski definition) is 9. The van der Waals surface area contributed by atoms with Gasteiger partial charge >= 0.3 is 0 Å². The van der Waals surface area contributed by atoms with Gasteiger partial charge in [0.05, 0.1) is 19.1 Å². The first-order valence-corrected chi connectivity index (χ1v) is 12.6. The Bertz CT molecular complexity index is 1210. The van der Waals surface area contributed by atoms with Crippen LogP contribution in [0.2, 0.25) is 0 Å². The molecule has 2 aromatic heterocycles. The zero-order valence-corrected chi connectivity index (χ0v) is 21.9. The number of carbonyl (C=O) groups is 2. The highest BCUT2D eigenvalue weighted by atomic mass is 16.5. The standard InChI is InChI=1S/C26H34N8O4/c1-18-12-34(19(2)16-35)26(37)11-21-10-22(29-25(36)15-33-17-28-30-31-33)4-5-23(21)38-24(18)14-32(3)13-20-6-8-27-9-7-20/h4-10,17-19,24,35H,11-16H2,1-3H3,(H,29,36)/t18-,19+,24-/m0/s1. The fourth-order valence-electron chi connectivity index (χ4n) is 4.50. The maximum absolute atomic E-state index is 13.4. The summed E-state index contributed by atoms with van der Waals surface area (Å²) in [5.41, 5.74) is 2.35. The minimum absolute atomic E-state index is 0.00513. The summed E-state index contributed by atoms with van der Waals surface area (Å²) in [7, 11) is 2.03. The maximum atomic E-state index is 13.4. The van der Waals surface area contributed by atoms with Crippen LogP contribution in [0.5, 0.6) is 5.75 Å². The SMILES string of the molecule is C[C@H](CO)N1C[C@H](C)[C@H](CN(C)Cc2ccncc2)Oc2ccc(NC(=O)Cn3cnnn3)cc2CC1=O. The molecule has 0 bridgehead atoms. The molecular weight excluding hydrogens is 488 g/mol. The summed E-state index contributed by atoms with van der Waals surface area (Å²) >= 11 is 0. The second-order valence-electron chi connectivity index (χ2n) is 9.82. The monoisotopic (exact) mass is 522 g/mol. The Labute approximate surface area is 221 Å². The van der Waals surface area contributed by atoms with E-state index in [1.807, 2.05) is 26.1 Å². The number of amides is 2. The maximum Gasteiger partial charge on any atom is 0.246 e. The molecule has 1 aliphatic heterocycles. The van der Waals surface area contributed by atoms with E-state index in [-0.39, 0.29) is 49.5 Å². The second kappa shape index (κ2) is 12.6. The highest BCUT2D eigenvalue weighted by molar-refractivity contribution is 5.91. The molecule has 0 saturated carbocycles. The number of aliphatic hydroxyl groups is 1. The third-order valence-corrected chi connectivity index (χ3v) is 6.59. The van der Waals surface area contributed by atoms with Gasteiger partial charge in [-0.3, -0.25) is 19.5 Å². The number of likely N-dealkylation sites (N-methyl/N-ethyl adjacent to an activating group) is 1. The van der Waals surface area contributed by atoms with E-state index in [0.717, 1.165) is 12.1 Å². The predicted octanol–water partition coefficient (Wildman–Crippen LogP) is 0.988. The number of aliphatic hydroxyl groups excluding tert-OH is 1. The first-order valence-electron chi connectivity index (χ1n) is 12.6. The van der Waals surface area contributed by atoms with E-state index >= 15 is 0 Å². The number of pyridine rings is 1. The molecule has 3 aromatic rings. The lowest BCUT2D eigenvalue weighted by Gasteiger charge is -2.34. The van der Waals surface area contributed by atoms with Crippen molar-refractivity contribution in [1.29, 1.82) is 0 Å². The number of tetrazole rings is 1. The van der Waals surface area contributed by atoms with Crippen LogP contribution in [-0.2, 0) is 29.1 Å². The Kier molecular flexibility index (Phi) is 8.98. The van der Waals surface area contributed by atoms with Crippen molar-refractivity contribution in [2.75, 3.05) is 32.1 Å². The molecule has 0 radical (unpaired) electrons.